The molecule has 2 aromatic carbocycles. The number of nitrogens with zero attached hydrogens (tertiary/aromatic N) is 3. The number of rotatable bonds is 7. The first-order valence-electron chi connectivity index (χ1n) is 14.8. The highest BCUT2D eigenvalue weighted by atomic mass is 32.1. The standard InChI is InChI=1S/C34H34N6O3S/c1-39-27-6-4-3-5-22(27)15-28(39)34(42)38-25-9-7-21(16-29(25)43-2)24-19-44-32-23(17-36-33(35)31(24)32)8-10-30(41)37-26-18-40-13-11-20(26)12-14-40/h3-10,15-17,19-20,26H,11-14,18H2,1-2H3,(H2,35,36)(H,37,41)(H,38,42)/b10-8+. The summed E-state index contributed by atoms with van der Waals surface area (Å²) < 4.78 is 8.53. The van der Waals surface area contributed by atoms with Crippen LogP contribution in [-0.2, 0) is 11.8 Å². The smallest absolute Gasteiger partial charge is 0.272 e. The molecule has 1 unspecified atom stereocenters. The monoisotopic (exact) mass is 606 g/mol. The number of para-hydroxylation sites is 1. The number of nitrogen functional groups attached to an aromatic ring is 1. The molecule has 0 saturated carbocycles. The zero-order chi connectivity index (χ0) is 30.4. The number of carbonyl (C=O) groups excluding carboxylic acids is 2. The number of aryl methyl sites for hydroxylation is 1. The number of hydrogen-bond donors (Lipinski definition) is 3. The Morgan fingerprint density at radius 2 is 1.95 bits per heavy atom. The first-order valence-corrected chi connectivity index (χ1v) is 15.7. The average molecular weight is 607 g/mol. The molecule has 9 nitrogen and oxygen atoms in total. The van der Waals surface area contributed by atoms with E-state index in [2.05, 4.69) is 20.5 Å². The predicted octanol–water partition coefficient (Wildman–Crippen LogP) is 5.52. The largest absolute Gasteiger partial charge is 0.495 e. The number of carbonyl (C=O) groups is 2. The minimum Gasteiger partial charge on any atom is -0.495 e. The molecule has 10 heteroatoms. The third-order valence-electron chi connectivity index (χ3n) is 9.00. The second-order valence-corrected chi connectivity index (χ2v) is 12.4. The molecule has 1 atom stereocenters. The summed E-state index contributed by atoms with van der Waals surface area (Å²) in [5.41, 5.74) is 11.1. The molecule has 0 radical (unpaired) electrons. The van der Waals surface area contributed by atoms with Crippen LogP contribution in [0.2, 0.25) is 0 Å². The number of anilines is 2. The first-order chi connectivity index (χ1) is 21.4. The van der Waals surface area contributed by atoms with Gasteiger partial charge in [0.25, 0.3) is 5.91 Å². The van der Waals surface area contributed by atoms with E-state index < -0.39 is 0 Å². The molecule has 2 amide bonds. The van der Waals surface area contributed by atoms with Crippen molar-refractivity contribution in [2.45, 2.75) is 18.9 Å². The Morgan fingerprint density at radius 3 is 2.70 bits per heavy atom. The van der Waals surface area contributed by atoms with Crippen molar-refractivity contribution >= 4 is 61.7 Å². The molecule has 4 N–H and O–H groups in total. The predicted molar refractivity (Wildman–Crippen MR) is 177 cm³/mol. The van der Waals surface area contributed by atoms with Crippen LogP contribution in [0, 0.1) is 5.92 Å². The number of fused-ring (bicyclic) bond motifs is 5. The summed E-state index contributed by atoms with van der Waals surface area (Å²) in [7, 11) is 3.46. The molecule has 224 valence electrons. The Bertz CT molecular complexity index is 1930. The summed E-state index contributed by atoms with van der Waals surface area (Å²) >= 11 is 1.55. The molecule has 2 bridgehead atoms. The van der Waals surface area contributed by atoms with E-state index in [9.17, 15) is 9.59 Å². The first kappa shape index (κ1) is 28.1. The molecule has 6 heterocycles. The highest BCUT2D eigenvalue weighted by Crippen LogP contribution is 2.41. The fourth-order valence-corrected chi connectivity index (χ4v) is 7.68. The number of nitrogens with one attached hydrogen (secondary N) is 2. The normalized spacial score (nSPS) is 19.5. The van der Waals surface area contributed by atoms with E-state index in [1.807, 2.05) is 71.6 Å². The summed E-state index contributed by atoms with van der Waals surface area (Å²) in [5, 5.41) is 10.1. The molecule has 3 aliphatic rings. The van der Waals surface area contributed by atoms with Gasteiger partial charge in [-0.3, -0.25) is 9.59 Å². The molecule has 3 aromatic heterocycles. The molecule has 0 spiro atoms. The van der Waals surface area contributed by atoms with Crippen LogP contribution in [0.1, 0.15) is 28.9 Å². The molecule has 8 rings (SSSR count). The van der Waals surface area contributed by atoms with Gasteiger partial charge in [-0.25, -0.2) is 4.98 Å². The number of nitrogens with two attached hydrogens (primary N) is 1. The lowest BCUT2D eigenvalue weighted by Crippen LogP contribution is -2.57. The van der Waals surface area contributed by atoms with Gasteiger partial charge in [0, 0.05) is 64.0 Å². The quantitative estimate of drug-likeness (QED) is 0.210. The van der Waals surface area contributed by atoms with Crippen LogP contribution in [0.5, 0.6) is 5.75 Å². The van der Waals surface area contributed by atoms with Crippen molar-refractivity contribution in [1.82, 2.24) is 19.8 Å². The minimum absolute atomic E-state index is 0.0867. The highest BCUT2D eigenvalue weighted by molar-refractivity contribution is 7.18. The molecular formula is C34H34N6O3S. The second kappa shape index (κ2) is 11.4. The van der Waals surface area contributed by atoms with Gasteiger partial charge in [0.1, 0.15) is 17.3 Å². The van der Waals surface area contributed by atoms with Gasteiger partial charge in [0.05, 0.1) is 12.8 Å². The number of hydrogen-bond acceptors (Lipinski definition) is 7. The summed E-state index contributed by atoms with van der Waals surface area (Å²) in [4.78, 5) is 33.0. The van der Waals surface area contributed by atoms with E-state index >= 15 is 0 Å². The summed E-state index contributed by atoms with van der Waals surface area (Å²) in [6.45, 7) is 3.20. The number of pyridine rings is 1. The Balaban J connectivity index is 1.13. The zero-order valence-corrected chi connectivity index (χ0v) is 25.5. The maximum atomic E-state index is 13.3. The summed E-state index contributed by atoms with van der Waals surface area (Å²) in [6, 6.07) is 15.6. The van der Waals surface area contributed by atoms with Crippen LogP contribution >= 0.6 is 11.3 Å². The average Bonchev–Trinajstić information content (AvgIpc) is 3.64. The maximum absolute atomic E-state index is 13.3. The van der Waals surface area contributed by atoms with Crippen molar-refractivity contribution in [3.05, 3.63) is 77.4 Å². The van der Waals surface area contributed by atoms with Gasteiger partial charge in [-0.15, -0.1) is 11.3 Å². The fraction of sp³-hybridized carbons (Fsp3) is 0.265. The van der Waals surface area contributed by atoms with Crippen LogP contribution < -0.4 is 21.1 Å². The van der Waals surface area contributed by atoms with Crippen molar-refractivity contribution in [3.63, 3.8) is 0 Å². The SMILES string of the molecule is COc1cc(-c2csc3c(/C=C/C(=O)NC4CN5CCC4CC5)cnc(N)c23)ccc1NC(=O)c1cc2ccccc2n1C. The number of benzene rings is 2. The van der Waals surface area contributed by atoms with Gasteiger partial charge in [0.15, 0.2) is 0 Å². The van der Waals surface area contributed by atoms with Crippen molar-refractivity contribution < 1.29 is 14.3 Å². The summed E-state index contributed by atoms with van der Waals surface area (Å²) in [6.07, 6.45) is 7.43. The Kier molecular flexibility index (Phi) is 7.31. The minimum atomic E-state index is -0.224. The van der Waals surface area contributed by atoms with Gasteiger partial charge < -0.3 is 30.6 Å². The second-order valence-electron chi connectivity index (χ2n) is 11.6. The van der Waals surface area contributed by atoms with Crippen LogP contribution in [0.15, 0.2) is 66.2 Å². The number of methoxy groups -OCH3 is 1. The van der Waals surface area contributed by atoms with Crippen LogP contribution in [0.3, 0.4) is 0 Å². The van der Waals surface area contributed by atoms with Gasteiger partial charge in [-0.05, 0) is 73.1 Å². The van der Waals surface area contributed by atoms with Crippen molar-refractivity contribution in [3.8, 4) is 16.9 Å². The van der Waals surface area contributed by atoms with Crippen molar-refractivity contribution in [2.24, 2.45) is 13.0 Å². The Hall–Kier alpha value is -4.67. The van der Waals surface area contributed by atoms with Gasteiger partial charge in [-0.1, -0.05) is 24.3 Å². The van der Waals surface area contributed by atoms with Crippen LogP contribution in [0.4, 0.5) is 11.5 Å². The highest BCUT2D eigenvalue weighted by Gasteiger charge is 2.34. The number of thiophene rings is 1. The maximum Gasteiger partial charge on any atom is 0.272 e. The molecule has 3 aliphatic heterocycles. The third-order valence-corrected chi connectivity index (χ3v) is 10.0. The van der Waals surface area contributed by atoms with E-state index in [0.29, 0.717) is 28.9 Å². The van der Waals surface area contributed by atoms with E-state index in [0.717, 1.165) is 70.2 Å². The molecule has 0 aliphatic carbocycles. The topological polar surface area (TPSA) is 115 Å². The van der Waals surface area contributed by atoms with E-state index in [4.69, 9.17) is 10.5 Å². The third kappa shape index (κ3) is 5.10. The van der Waals surface area contributed by atoms with E-state index in [1.165, 1.54) is 0 Å². The Labute approximate surface area is 259 Å². The number of piperidine rings is 3. The molecule has 3 fully saturated rings. The van der Waals surface area contributed by atoms with Gasteiger partial charge in [-0.2, -0.15) is 0 Å². The van der Waals surface area contributed by atoms with E-state index in [-0.39, 0.29) is 17.9 Å². The lowest BCUT2D eigenvalue weighted by Gasteiger charge is -2.44. The van der Waals surface area contributed by atoms with Crippen LogP contribution in [-0.4, -0.2) is 59.1 Å². The lowest BCUT2D eigenvalue weighted by molar-refractivity contribution is -0.118. The molecule has 44 heavy (non-hydrogen) atoms. The van der Waals surface area contributed by atoms with Gasteiger partial charge >= 0.3 is 0 Å². The zero-order valence-electron chi connectivity index (χ0n) is 24.7. The number of ether oxygens (including phenoxy) is 1. The lowest BCUT2D eigenvalue weighted by atomic mass is 9.84. The van der Waals surface area contributed by atoms with Gasteiger partial charge in [0.2, 0.25) is 5.91 Å². The van der Waals surface area contributed by atoms with Crippen molar-refractivity contribution in [1.29, 1.82) is 0 Å². The molecule has 5 aromatic rings. The summed E-state index contributed by atoms with van der Waals surface area (Å²) in [5.74, 6) is 1.20. The van der Waals surface area contributed by atoms with Crippen molar-refractivity contribution in [2.75, 3.05) is 37.8 Å². The molecular weight excluding hydrogens is 572 g/mol. The molecule has 3 saturated heterocycles. The fourth-order valence-electron chi connectivity index (χ4n) is 6.60. The number of amides is 2. The number of aromatic nitrogens is 2. The van der Waals surface area contributed by atoms with E-state index in [1.54, 1.807) is 30.7 Å². The Morgan fingerprint density at radius 1 is 1.14 bits per heavy atom. The van der Waals surface area contributed by atoms with Crippen LogP contribution in [0.25, 0.3) is 38.2 Å².